The predicted molar refractivity (Wildman–Crippen MR) is 89.6 cm³/mol. The Morgan fingerprint density at radius 3 is 2.59 bits per heavy atom. The van der Waals surface area contributed by atoms with Gasteiger partial charge in [0.25, 0.3) is 5.91 Å². The topological polar surface area (TPSA) is 59.6 Å². The number of hydrogen-bond acceptors (Lipinski definition) is 4. The molecule has 0 aliphatic carbocycles. The maximum atomic E-state index is 12.6. The van der Waals surface area contributed by atoms with E-state index in [9.17, 15) is 4.79 Å². The first kappa shape index (κ1) is 18.9. The normalized spacial score (nSPS) is 18.1. The fourth-order valence-corrected chi connectivity index (χ4v) is 2.60. The molecule has 1 amide bonds. The van der Waals surface area contributed by atoms with Crippen LogP contribution in [0.5, 0.6) is 0 Å². The lowest BCUT2D eigenvalue weighted by molar-refractivity contribution is -0.140. The van der Waals surface area contributed by atoms with Crippen molar-refractivity contribution < 1.29 is 14.3 Å². The highest BCUT2D eigenvalue weighted by Crippen LogP contribution is 2.26. The van der Waals surface area contributed by atoms with Crippen molar-refractivity contribution in [3.63, 3.8) is 0 Å². The van der Waals surface area contributed by atoms with Crippen molar-refractivity contribution >= 4 is 24.0 Å². The molecule has 0 aromatic heterocycles. The zero-order chi connectivity index (χ0) is 15.3. The quantitative estimate of drug-likeness (QED) is 0.872. The Morgan fingerprint density at radius 2 is 2.00 bits per heavy atom. The van der Waals surface area contributed by atoms with Gasteiger partial charge >= 0.3 is 0 Å². The highest BCUT2D eigenvalue weighted by atomic mass is 35.5. The van der Waals surface area contributed by atoms with Crippen LogP contribution >= 0.6 is 12.4 Å². The lowest BCUT2D eigenvalue weighted by atomic mass is 9.91. The third kappa shape index (κ3) is 4.20. The van der Waals surface area contributed by atoms with Crippen molar-refractivity contribution in [2.24, 2.45) is 0 Å². The second-order valence-corrected chi connectivity index (χ2v) is 5.41. The monoisotopic (exact) mass is 328 g/mol. The number of nitrogens with one attached hydrogen (secondary N) is 2. The molecule has 1 aromatic rings. The lowest BCUT2D eigenvalue weighted by Gasteiger charge is -2.34. The van der Waals surface area contributed by atoms with Gasteiger partial charge in [-0.15, -0.1) is 12.4 Å². The number of anilines is 1. The van der Waals surface area contributed by atoms with Gasteiger partial charge in [-0.05, 0) is 50.6 Å². The summed E-state index contributed by atoms with van der Waals surface area (Å²) in [5.41, 5.74) is 1.08. The highest BCUT2D eigenvalue weighted by Gasteiger charge is 2.39. The van der Waals surface area contributed by atoms with Crippen LogP contribution in [-0.2, 0) is 14.3 Å². The lowest BCUT2D eigenvalue weighted by Crippen LogP contribution is -2.51. The van der Waals surface area contributed by atoms with Gasteiger partial charge < -0.3 is 20.1 Å². The zero-order valence-corrected chi connectivity index (χ0v) is 14.2. The van der Waals surface area contributed by atoms with Gasteiger partial charge in [0.1, 0.15) is 5.60 Å². The van der Waals surface area contributed by atoms with Gasteiger partial charge in [0.05, 0.1) is 6.10 Å². The molecule has 1 fully saturated rings. The van der Waals surface area contributed by atoms with Crippen LogP contribution in [0, 0.1) is 0 Å². The van der Waals surface area contributed by atoms with E-state index in [0.29, 0.717) is 12.8 Å². The number of rotatable bonds is 5. The summed E-state index contributed by atoms with van der Waals surface area (Å²) >= 11 is 0. The Balaban J connectivity index is 0.00000242. The SMILES string of the molecule is COC(C)c1cccc(NC(=O)C2(OC)CCNCC2)c1.Cl. The Bertz CT molecular complexity index is 490. The molecule has 2 N–H and O–H groups in total. The summed E-state index contributed by atoms with van der Waals surface area (Å²) in [5, 5.41) is 6.22. The minimum Gasteiger partial charge on any atom is -0.377 e. The molecule has 0 bridgehead atoms. The molecular formula is C16H25ClN2O3. The maximum absolute atomic E-state index is 12.6. The number of methoxy groups -OCH3 is 2. The Hall–Kier alpha value is -1.14. The fraction of sp³-hybridized carbons (Fsp3) is 0.562. The van der Waals surface area contributed by atoms with Crippen molar-refractivity contribution in [2.45, 2.75) is 31.5 Å². The standard InChI is InChI=1S/C16H24N2O3.ClH/c1-12(20-2)13-5-4-6-14(11-13)18-15(19)16(21-3)7-9-17-10-8-16;/h4-6,11-12,17H,7-10H2,1-3H3,(H,18,19);1H. The average molecular weight is 329 g/mol. The first-order valence-electron chi connectivity index (χ1n) is 7.31. The van der Waals surface area contributed by atoms with Crippen LogP contribution in [0.3, 0.4) is 0 Å². The smallest absolute Gasteiger partial charge is 0.256 e. The maximum Gasteiger partial charge on any atom is 0.256 e. The second-order valence-electron chi connectivity index (χ2n) is 5.41. The summed E-state index contributed by atoms with van der Waals surface area (Å²) in [6.07, 6.45) is 1.37. The van der Waals surface area contributed by atoms with Gasteiger partial charge in [0.15, 0.2) is 0 Å². The Labute approximate surface area is 138 Å². The summed E-state index contributed by atoms with van der Waals surface area (Å²) in [7, 11) is 3.28. The summed E-state index contributed by atoms with van der Waals surface area (Å²) in [5.74, 6) is -0.0753. The van der Waals surface area contributed by atoms with Crippen LogP contribution in [0.2, 0.25) is 0 Å². The summed E-state index contributed by atoms with van der Waals surface area (Å²) < 4.78 is 10.8. The molecular weight excluding hydrogens is 304 g/mol. The number of halogens is 1. The van der Waals surface area contributed by atoms with Gasteiger partial charge in [-0.25, -0.2) is 0 Å². The van der Waals surface area contributed by atoms with Gasteiger partial charge in [-0.2, -0.15) is 0 Å². The summed E-state index contributed by atoms with van der Waals surface area (Å²) in [4.78, 5) is 12.6. The van der Waals surface area contributed by atoms with Gasteiger partial charge in [-0.3, -0.25) is 4.79 Å². The molecule has 0 radical (unpaired) electrons. The van der Waals surface area contributed by atoms with E-state index < -0.39 is 5.60 Å². The summed E-state index contributed by atoms with van der Waals surface area (Å²) in [6.45, 7) is 3.56. The third-order valence-electron chi connectivity index (χ3n) is 4.18. The molecule has 1 aliphatic rings. The predicted octanol–water partition coefficient (Wildman–Crippen LogP) is 2.52. The van der Waals surface area contributed by atoms with E-state index in [4.69, 9.17) is 9.47 Å². The number of amides is 1. The van der Waals surface area contributed by atoms with Crippen molar-refractivity contribution in [2.75, 3.05) is 32.6 Å². The van der Waals surface area contributed by atoms with E-state index in [1.165, 1.54) is 0 Å². The van der Waals surface area contributed by atoms with E-state index in [1.807, 2.05) is 31.2 Å². The molecule has 2 rings (SSSR count). The van der Waals surface area contributed by atoms with Crippen LogP contribution in [0.25, 0.3) is 0 Å². The molecule has 1 heterocycles. The minimum atomic E-state index is -0.728. The molecule has 1 saturated heterocycles. The number of hydrogen-bond donors (Lipinski definition) is 2. The van der Waals surface area contributed by atoms with E-state index in [0.717, 1.165) is 24.3 Å². The molecule has 22 heavy (non-hydrogen) atoms. The first-order chi connectivity index (χ1) is 10.1. The van der Waals surface area contributed by atoms with Crippen molar-refractivity contribution in [3.05, 3.63) is 29.8 Å². The van der Waals surface area contributed by atoms with E-state index >= 15 is 0 Å². The average Bonchev–Trinajstić information content (AvgIpc) is 2.54. The Kier molecular flexibility index (Phi) is 7.29. The van der Waals surface area contributed by atoms with Crippen LogP contribution in [0.15, 0.2) is 24.3 Å². The van der Waals surface area contributed by atoms with Crippen LogP contribution in [0.4, 0.5) is 5.69 Å². The number of benzene rings is 1. The van der Waals surface area contributed by atoms with Crippen molar-refractivity contribution in [1.29, 1.82) is 0 Å². The van der Waals surface area contributed by atoms with Crippen molar-refractivity contribution in [1.82, 2.24) is 5.32 Å². The van der Waals surface area contributed by atoms with E-state index in [1.54, 1.807) is 14.2 Å². The van der Waals surface area contributed by atoms with Crippen LogP contribution < -0.4 is 10.6 Å². The van der Waals surface area contributed by atoms with E-state index in [2.05, 4.69) is 10.6 Å². The Morgan fingerprint density at radius 1 is 1.32 bits per heavy atom. The van der Waals surface area contributed by atoms with Gasteiger partial charge in [-0.1, -0.05) is 12.1 Å². The largest absolute Gasteiger partial charge is 0.377 e. The summed E-state index contributed by atoms with van der Waals surface area (Å²) in [6, 6.07) is 7.73. The molecule has 1 aromatic carbocycles. The van der Waals surface area contributed by atoms with Crippen molar-refractivity contribution in [3.8, 4) is 0 Å². The number of carbonyl (C=O) groups is 1. The number of piperidine rings is 1. The minimum absolute atomic E-state index is 0. The third-order valence-corrected chi connectivity index (χ3v) is 4.18. The second kappa shape index (κ2) is 8.48. The molecule has 124 valence electrons. The van der Waals surface area contributed by atoms with Crippen LogP contribution in [0.1, 0.15) is 31.4 Å². The molecule has 5 nitrogen and oxygen atoms in total. The van der Waals surface area contributed by atoms with E-state index in [-0.39, 0.29) is 24.4 Å². The molecule has 0 spiro atoms. The molecule has 6 heteroatoms. The van der Waals surface area contributed by atoms with Gasteiger partial charge in [0, 0.05) is 19.9 Å². The highest BCUT2D eigenvalue weighted by molar-refractivity contribution is 5.97. The van der Waals surface area contributed by atoms with Gasteiger partial charge in [0.2, 0.25) is 0 Å². The first-order valence-corrected chi connectivity index (χ1v) is 7.31. The molecule has 1 unspecified atom stereocenters. The number of ether oxygens (including phenoxy) is 2. The van der Waals surface area contributed by atoms with Crippen LogP contribution in [-0.4, -0.2) is 38.8 Å². The molecule has 1 atom stereocenters. The number of carbonyl (C=O) groups excluding carboxylic acids is 1. The fourth-order valence-electron chi connectivity index (χ4n) is 2.60. The zero-order valence-electron chi connectivity index (χ0n) is 13.3. The molecule has 0 saturated carbocycles. The molecule has 1 aliphatic heterocycles.